The van der Waals surface area contributed by atoms with Crippen LogP contribution in [-0.4, -0.2) is 45.7 Å². The first-order chi connectivity index (χ1) is 9.97. The molecule has 6 heteroatoms. The van der Waals surface area contributed by atoms with Crippen molar-refractivity contribution in [2.75, 3.05) is 17.2 Å². The molecule has 21 heavy (non-hydrogen) atoms. The standard InChI is InChI=1S/C15H20N2O3S/c1-4-16(12-8-6-5-7-10(12)2)15(20)17-11(3)21-9-13(17)14(18)19/h5-8,11,13H,4,9H2,1-3H3,(H,18,19). The van der Waals surface area contributed by atoms with Gasteiger partial charge >= 0.3 is 12.0 Å². The van der Waals surface area contributed by atoms with Crippen molar-refractivity contribution in [2.24, 2.45) is 0 Å². The third kappa shape index (κ3) is 3.00. The Morgan fingerprint density at radius 2 is 2.10 bits per heavy atom. The van der Waals surface area contributed by atoms with Crippen molar-refractivity contribution >= 4 is 29.4 Å². The number of carboxylic acids is 1. The Morgan fingerprint density at radius 3 is 2.67 bits per heavy atom. The second-order valence-corrected chi connectivity index (χ2v) is 6.36. The number of thioether (sulfide) groups is 1. The van der Waals surface area contributed by atoms with Gasteiger partial charge in [0.2, 0.25) is 0 Å². The van der Waals surface area contributed by atoms with Gasteiger partial charge in [0.15, 0.2) is 0 Å². The maximum Gasteiger partial charge on any atom is 0.327 e. The number of aliphatic carboxylic acids is 1. The number of carbonyl (C=O) groups is 2. The van der Waals surface area contributed by atoms with Gasteiger partial charge in [-0.25, -0.2) is 9.59 Å². The molecule has 1 aliphatic rings. The fourth-order valence-electron chi connectivity index (χ4n) is 2.54. The third-order valence-electron chi connectivity index (χ3n) is 3.68. The summed E-state index contributed by atoms with van der Waals surface area (Å²) < 4.78 is 0. The average Bonchev–Trinajstić information content (AvgIpc) is 2.83. The highest BCUT2D eigenvalue weighted by Crippen LogP contribution is 2.31. The number of carbonyl (C=O) groups excluding carboxylic acids is 1. The van der Waals surface area contributed by atoms with Gasteiger partial charge in [0, 0.05) is 18.0 Å². The first kappa shape index (κ1) is 15.7. The number of carboxylic acid groups (broad SMARTS) is 1. The lowest BCUT2D eigenvalue weighted by Crippen LogP contribution is -2.51. The van der Waals surface area contributed by atoms with Gasteiger partial charge in [-0.05, 0) is 32.4 Å². The largest absolute Gasteiger partial charge is 0.480 e. The molecular weight excluding hydrogens is 288 g/mol. The van der Waals surface area contributed by atoms with Crippen LogP contribution >= 0.6 is 11.8 Å². The minimum absolute atomic E-state index is 0.128. The second-order valence-electron chi connectivity index (χ2n) is 5.01. The first-order valence-corrected chi connectivity index (χ1v) is 8.02. The lowest BCUT2D eigenvalue weighted by molar-refractivity contribution is -0.141. The maximum absolute atomic E-state index is 12.8. The summed E-state index contributed by atoms with van der Waals surface area (Å²) in [7, 11) is 0. The molecule has 0 bridgehead atoms. The van der Waals surface area contributed by atoms with Crippen molar-refractivity contribution in [3.05, 3.63) is 29.8 Å². The van der Waals surface area contributed by atoms with Crippen LogP contribution in [0.15, 0.2) is 24.3 Å². The third-order valence-corrected chi connectivity index (χ3v) is 4.90. The number of urea groups is 1. The summed E-state index contributed by atoms with van der Waals surface area (Å²) in [5.41, 5.74) is 1.83. The Morgan fingerprint density at radius 1 is 1.43 bits per heavy atom. The lowest BCUT2D eigenvalue weighted by atomic mass is 10.2. The van der Waals surface area contributed by atoms with E-state index in [9.17, 15) is 14.7 Å². The number of hydrogen-bond donors (Lipinski definition) is 1. The second kappa shape index (κ2) is 6.39. The van der Waals surface area contributed by atoms with Gasteiger partial charge < -0.3 is 5.11 Å². The number of rotatable bonds is 3. The molecule has 1 heterocycles. The van der Waals surface area contributed by atoms with Crippen LogP contribution in [0.25, 0.3) is 0 Å². The molecule has 1 aromatic carbocycles. The Balaban J connectivity index is 2.32. The van der Waals surface area contributed by atoms with E-state index < -0.39 is 12.0 Å². The van der Waals surface area contributed by atoms with E-state index in [0.717, 1.165) is 11.3 Å². The number of anilines is 1. The molecule has 1 N–H and O–H groups in total. The van der Waals surface area contributed by atoms with Gasteiger partial charge in [0.05, 0.1) is 5.37 Å². The predicted molar refractivity (Wildman–Crippen MR) is 84.8 cm³/mol. The summed E-state index contributed by atoms with van der Waals surface area (Å²) >= 11 is 1.49. The molecule has 1 fully saturated rings. The summed E-state index contributed by atoms with van der Waals surface area (Å²) in [4.78, 5) is 27.3. The fraction of sp³-hybridized carbons (Fsp3) is 0.467. The summed E-state index contributed by atoms with van der Waals surface area (Å²) in [5.74, 6) is -0.505. The van der Waals surface area contributed by atoms with Gasteiger partial charge in [-0.3, -0.25) is 9.80 Å². The molecule has 114 valence electrons. The summed E-state index contributed by atoms with van der Waals surface area (Å²) in [5, 5.41) is 9.18. The van der Waals surface area contributed by atoms with E-state index in [2.05, 4.69) is 0 Å². The van der Waals surface area contributed by atoms with Gasteiger partial charge in [-0.15, -0.1) is 11.8 Å². The monoisotopic (exact) mass is 308 g/mol. The highest BCUT2D eigenvalue weighted by atomic mass is 32.2. The quantitative estimate of drug-likeness (QED) is 0.932. The number of benzene rings is 1. The molecule has 0 spiro atoms. The Labute approximate surface area is 128 Å². The molecule has 2 rings (SSSR count). The molecule has 1 saturated heterocycles. The van der Waals surface area contributed by atoms with Gasteiger partial charge in [0.25, 0.3) is 0 Å². The molecular formula is C15H20N2O3S. The van der Waals surface area contributed by atoms with E-state index in [1.807, 2.05) is 45.0 Å². The average molecular weight is 308 g/mol. The normalized spacial score (nSPS) is 21.4. The van der Waals surface area contributed by atoms with Crippen LogP contribution in [0.2, 0.25) is 0 Å². The van der Waals surface area contributed by atoms with Gasteiger partial charge in [-0.1, -0.05) is 18.2 Å². The predicted octanol–water partition coefficient (Wildman–Crippen LogP) is 2.79. The van der Waals surface area contributed by atoms with E-state index in [-0.39, 0.29) is 11.4 Å². The highest BCUT2D eigenvalue weighted by Gasteiger charge is 2.41. The van der Waals surface area contributed by atoms with Crippen LogP contribution in [0, 0.1) is 6.92 Å². The molecule has 0 aromatic heterocycles. The molecule has 2 atom stereocenters. The molecule has 1 aromatic rings. The molecule has 0 aliphatic carbocycles. The summed E-state index contributed by atoms with van der Waals surface area (Å²) in [6, 6.07) is 6.65. The molecule has 0 radical (unpaired) electrons. The Kier molecular flexibility index (Phi) is 4.77. The van der Waals surface area contributed by atoms with Gasteiger partial charge in [-0.2, -0.15) is 0 Å². The van der Waals surface area contributed by atoms with Gasteiger partial charge in [0.1, 0.15) is 6.04 Å². The zero-order valence-corrected chi connectivity index (χ0v) is 13.3. The Bertz CT molecular complexity index is 549. The van der Waals surface area contributed by atoms with Crippen LogP contribution in [-0.2, 0) is 4.79 Å². The molecule has 2 unspecified atom stereocenters. The van der Waals surface area contributed by atoms with Crippen LogP contribution in [0.5, 0.6) is 0 Å². The van der Waals surface area contributed by atoms with E-state index in [1.165, 1.54) is 16.7 Å². The summed E-state index contributed by atoms with van der Waals surface area (Å²) in [6.07, 6.45) is 0. The highest BCUT2D eigenvalue weighted by molar-refractivity contribution is 8.00. The number of aryl methyl sites for hydroxylation is 1. The maximum atomic E-state index is 12.8. The van der Waals surface area contributed by atoms with Crippen molar-refractivity contribution in [2.45, 2.75) is 32.2 Å². The molecule has 1 aliphatic heterocycles. The lowest BCUT2D eigenvalue weighted by Gasteiger charge is -2.32. The van der Waals surface area contributed by atoms with Crippen molar-refractivity contribution in [1.29, 1.82) is 0 Å². The van der Waals surface area contributed by atoms with E-state index in [4.69, 9.17) is 0 Å². The van der Waals surface area contributed by atoms with Crippen LogP contribution in [0.1, 0.15) is 19.4 Å². The van der Waals surface area contributed by atoms with Crippen molar-refractivity contribution in [1.82, 2.24) is 4.90 Å². The minimum Gasteiger partial charge on any atom is -0.480 e. The van der Waals surface area contributed by atoms with Crippen LogP contribution < -0.4 is 4.90 Å². The number of para-hydroxylation sites is 1. The SMILES string of the molecule is CCN(C(=O)N1C(C)SCC1C(=O)O)c1ccccc1C. The molecule has 5 nitrogen and oxygen atoms in total. The molecule has 2 amide bonds. The van der Waals surface area contributed by atoms with Crippen LogP contribution in [0.3, 0.4) is 0 Å². The van der Waals surface area contributed by atoms with E-state index in [0.29, 0.717) is 12.3 Å². The molecule has 0 saturated carbocycles. The van der Waals surface area contributed by atoms with E-state index in [1.54, 1.807) is 4.90 Å². The zero-order chi connectivity index (χ0) is 15.6. The first-order valence-electron chi connectivity index (χ1n) is 6.97. The minimum atomic E-state index is -0.943. The van der Waals surface area contributed by atoms with Crippen LogP contribution in [0.4, 0.5) is 10.5 Å². The topological polar surface area (TPSA) is 60.9 Å². The number of hydrogen-bond acceptors (Lipinski definition) is 3. The number of nitrogens with zero attached hydrogens (tertiary/aromatic N) is 2. The smallest absolute Gasteiger partial charge is 0.327 e. The Hall–Kier alpha value is -1.69. The van der Waals surface area contributed by atoms with Crippen molar-refractivity contribution in [3.63, 3.8) is 0 Å². The number of amides is 2. The van der Waals surface area contributed by atoms with E-state index >= 15 is 0 Å². The fourth-order valence-corrected chi connectivity index (χ4v) is 3.70. The zero-order valence-electron chi connectivity index (χ0n) is 12.4. The van der Waals surface area contributed by atoms with Crippen molar-refractivity contribution in [3.8, 4) is 0 Å². The van der Waals surface area contributed by atoms with Crippen molar-refractivity contribution < 1.29 is 14.7 Å². The summed E-state index contributed by atoms with van der Waals surface area (Å²) in [6.45, 7) is 6.22.